The lowest BCUT2D eigenvalue weighted by molar-refractivity contribution is -0.115. The molecular weight excluding hydrogens is 714 g/mol. The van der Waals surface area contributed by atoms with Gasteiger partial charge in [-0.25, -0.2) is 28.5 Å². The first-order valence-electron chi connectivity index (χ1n) is 15.9. The highest BCUT2D eigenvalue weighted by Crippen LogP contribution is 2.52. The molecule has 3 aliphatic rings. The maximum Gasteiger partial charge on any atom is 0.347 e. The third-order valence-corrected chi connectivity index (χ3v) is 10.1. The van der Waals surface area contributed by atoms with Crippen molar-refractivity contribution in [2.45, 2.75) is 44.8 Å². The Morgan fingerprint density at radius 3 is 2.48 bits per heavy atom. The number of hydrogen-bond acceptors (Lipinski definition) is 10. The second-order valence-corrected chi connectivity index (χ2v) is 12.9. The first-order chi connectivity index (χ1) is 24.0. The first-order valence-corrected chi connectivity index (χ1v) is 16.7. The number of rotatable bonds is 8. The summed E-state index contributed by atoms with van der Waals surface area (Å²) in [5.41, 5.74) is 0.816. The molecule has 1 N–H and O–H groups in total. The number of nitrogens with zero attached hydrogens (tertiary/aromatic N) is 5. The highest BCUT2D eigenvalue weighted by molar-refractivity contribution is 9.12. The maximum absolute atomic E-state index is 14.1. The van der Waals surface area contributed by atoms with Crippen LogP contribution >= 0.6 is 15.9 Å². The van der Waals surface area contributed by atoms with Crippen LogP contribution in [0.5, 0.6) is 23.0 Å². The van der Waals surface area contributed by atoms with Crippen LogP contribution in [0.1, 0.15) is 36.6 Å². The predicted octanol–water partition coefficient (Wildman–Crippen LogP) is 2.82. The molecule has 0 bridgehead atoms. The Balaban J connectivity index is 1.30. The Labute approximate surface area is 292 Å². The van der Waals surface area contributed by atoms with Gasteiger partial charge in [0.1, 0.15) is 5.69 Å². The van der Waals surface area contributed by atoms with Crippen LogP contribution in [0.4, 0.5) is 0 Å². The van der Waals surface area contributed by atoms with E-state index in [0.29, 0.717) is 33.7 Å². The van der Waals surface area contributed by atoms with Gasteiger partial charge in [0.2, 0.25) is 0 Å². The molecule has 1 aliphatic heterocycles. The number of para-hydroxylation sites is 1. The normalized spacial score (nSPS) is 18.3. The van der Waals surface area contributed by atoms with Crippen molar-refractivity contribution in [3.8, 4) is 23.0 Å². The Morgan fingerprint density at radius 1 is 1.02 bits per heavy atom. The summed E-state index contributed by atoms with van der Waals surface area (Å²) >= 11 is 3.21. The second-order valence-electron chi connectivity index (χ2n) is 12.1. The molecular formula is C35H32BrN5O9. The number of benzene rings is 2. The monoisotopic (exact) mass is 745 g/mol. The molecule has 0 radical (unpaired) electrons. The molecule has 0 fully saturated rings. The van der Waals surface area contributed by atoms with Crippen molar-refractivity contribution < 1.29 is 28.9 Å². The van der Waals surface area contributed by atoms with Gasteiger partial charge in [-0.05, 0) is 34.5 Å². The van der Waals surface area contributed by atoms with Gasteiger partial charge in [-0.15, -0.1) is 0 Å². The number of allylic oxidation sites excluding steroid dienone is 6. The highest BCUT2D eigenvalue weighted by Gasteiger charge is 2.46. The number of ketones is 2. The fourth-order valence-corrected chi connectivity index (χ4v) is 7.65. The zero-order valence-corrected chi connectivity index (χ0v) is 29.1. The Hall–Kier alpha value is -5.44. The van der Waals surface area contributed by atoms with Crippen molar-refractivity contribution in [3.63, 3.8) is 0 Å². The molecule has 15 heteroatoms. The van der Waals surface area contributed by atoms with E-state index >= 15 is 0 Å². The molecule has 3 heterocycles. The van der Waals surface area contributed by atoms with Gasteiger partial charge in [0.15, 0.2) is 34.6 Å². The lowest BCUT2D eigenvalue weighted by Gasteiger charge is -2.39. The van der Waals surface area contributed by atoms with Gasteiger partial charge in [0, 0.05) is 67.3 Å². The van der Waals surface area contributed by atoms with Crippen LogP contribution in [0.25, 0.3) is 11.0 Å². The number of phenolic OH excluding ortho intramolecular Hbond substituents is 1. The minimum Gasteiger partial charge on any atom is -0.504 e. The predicted molar refractivity (Wildman–Crippen MR) is 185 cm³/mol. The summed E-state index contributed by atoms with van der Waals surface area (Å²) in [6, 6.07) is 7.42. The van der Waals surface area contributed by atoms with Gasteiger partial charge < -0.3 is 23.9 Å². The molecule has 0 spiro atoms. The second kappa shape index (κ2) is 12.5. The van der Waals surface area contributed by atoms with E-state index in [4.69, 9.17) is 14.2 Å². The number of hydrogen-bond donors (Lipinski definition) is 1. The minimum atomic E-state index is -0.892. The Kier molecular flexibility index (Phi) is 8.25. The van der Waals surface area contributed by atoms with Crippen LogP contribution in [0.15, 0.2) is 78.1 Å². The lowest BCUT2D eigenvalue weighted by atomic mass is 9.68. The number of halogens is 1. The van der Waals surface area contributed by atoms with Gasteiger partial charge in [-0.2, -0.15) is 0 Å². The van der Waals surface area contributed by atoms with Crippen molar-refractivity contribution in [1.82, 2.24) is 23.5 Å². The third kappa shape index (κ3) is 4.97. The van der Waals surface area contributed by atoms with Crippen LogP contribution in [0, 0.1) is 0 Å². The van der Waals surface area contributed by atoms with Crippen LogP contribution in [-0.4, -0.2) is 61.0 Å². The van der Waals surface area contributed by atoms with E-state index in [1.165, 1.54) is 34.2 Å². The third-order valence-electron chi connectivity index (χ3n) is 9.54. The van der Waals surface area contributed by atoms with E-state index in [1.54, 1.807) is 50.4 Å². The van der Waals surface area contributed by atoms with E-state index < -0.39 is 40.5 Å². The fraction of sp³-hybridized carbons (Fsp3) is 0.314. The number of carbonyl (C=O) groups excluding carboxylic acids is 2. The van der Waals surface area contributed by atoms with Crippen LogP contribution in [-0.2, 0) is 36.1 Å². The average Bonchev–Trinajstić information content (AvgIpc) is 3.36. The quantitative estimate of drug-likeness (QED) is 0.209. The van der Waals surface area contributed by atoms with Crippen molar-refractivity contribution in [1.29, 1.82) is 0 Å². The molecule has 0 unspecified atom stereocenters. The van der Waals surface area contributed by atoms with E-state index in [2.05, 4.69) is 20.9 Å². The summed E-state index contributed by atoms with van der Waals surface area (Å²) in [4.78, 5) is 72.8. The topological polar surface area (TPSA) is 166 Å². The first kappa shape index (κ1) is 33.1. The number of carbonyl (C=O) groups is 2. The number of phenols is 1. The van der Waals surface area contributed by atoms with E-state index in [0.717, 1.165) is 4.57 Å². The molecule has 0 saturated heterocycles. The number of aryl methyl sites for hydroxylation is 2. The Morgan fingerprint density at radius 2 is 1.76 bits per heavy atom. The largest absolute Gasteiger partial charge is 0.504 e. The zero-order valence-electron chi connectivity index (χ0n) is 27.6. The van der Waals surface area contributed by atoms with Gasteiger partial charge >= 0.3 is 11.4 Å². The van der Waals surface area contributed by atoms with E-state index in [-0.39, 0.29) is 65.4 Å². The number of aromatic hydroxyl groups is 1. The molecule has 258 valence electrons. The molecule has 4 aromatic rings. The number of aromatic nitrogens is 5. The number of fused-ring (bicyclic) bond motifs is 4. The van der Waals surface area contributed by atoms with Crippen LogP contribution in [0.2, 0.25) is 0 Å². The summed E-state index contributed by atoms with van der Waals surface area (Å²) in [7, 11) is 4.58. The average molecular weight is 747 g/mol. The molecule has 50 heavy (non-hydrogen) atoms. The Bertz CT molecular complexity index is 2430. The maximum atomic E-state index is 14.1. The van der Waals surface area contributed by atoms with Crippen LogP contribution in [0.3, 0.4) is 0 Å². The minimum absolute atomic E-state index is 0.00276. The van der Waals surface area contributed by atoms with Gasteiger partial charge in [0.05, 0.1) is 48.9 Å². The zero-order chi connectivity index (χ0) is 35.6. The summed E-state index contributed by atoms with van der Waals surface area (Å²) in [6.07, 6.45) is 2.93. The molecule has 0 saturated carbocycles. The molecule has 2 aliphatic carbocycles. The number of Topliss-reactive ketones (excluding diaryl/α,β-unsaturated/α-hetero) is 1. The smallest absolute Gasteiger partial charge is 0.347 e. The molecule has 14 nitrogen and oxygen atoms in total. The van der Waals surface area contributed by atoms with Gasteiger partial charge in [0.25, 0.3) is 5.56 Å². The van der Waals surface area contributed by atoms with E-state index in [9.17, 15) is 29.1 Å². The lowest BCUT2D eigenvalue weighted by Crippen LogP contribution is -2.40. The van der Waals surface area contributed by atoms with Crippen molar-refractivity contribution >= 4 is 38.5 Å². The summed E-state index contributed by atoms with van der Waals surface area (Å²) in [5, 5.41) is 11.3. The molecule has 0 amide bonds. The molecule has 2 aromatic heterocycles. The summed E-state index contributed by atoms with van der Waals surface area (Å²) < 4.78 is 21.5. The van der Waals surface area contributed by atoms with Crippen molar-refractivity contribution in [2.24, 2.45) is 7.05 Å². The molecule has 7 rings (SSSR count). The van der Waals surface area contributed by atoms with Gasteiger partial charge in [-0.3, -0.25) is 14.4 Å². The number of methoxy groups -OCH3 is 2. The van der Waals surface area contributed by atoms with Crippen molar-refractivity contribution in [3.05, 3.63) is 106 Å². The molecule has 2 aromatic carbocycles. The summed E-state index contributed by atoms with van der Waals surface area (Å²) in [5.74, 6) is -0.814. The highest BCUT2D eigenvalue weighted by atomic mass is 79.9. The standard InChI is InChI=1S/C35H32BrN5O9/c1-5-50-26-8-6-7-18(32(26)44)29-17-9-12-40-34(46)39(35(47)41(40)23(17)13-19-30(29)25(42)14-20(36)31(19)43)11-10-21-33(45)38(2)24-16-28(49-4)27(48-3)15-22(24)37-21/h6-9,14-16,23,29,44H,5,10-13H2,1-4H3/t23-,29-/m1/s1. The van der Waals surface area contributed by atoms with Crippen molar-refractivity contribution in [2.75, 3.05) is 20.8 Å². The van der Waals surface area contributed by atoms with Gasteiger partial charge in [-0.1, -0.05) is 18.2 Å². The van der Waals surface area contributed by atoms with E-state index in [1.807, 2.05) is 0 Å². The number of ether oxygens (including phenoxy) is 3. The van der Waals surface area contributed by atoms with Crippen LogP contribution < -0.4 is 31.1 Å². The molecule has 2 atom stereocenters. The fourth-order valence-electron chi connectivity index (χ4n) is 7.21. The SMILES string of the molecule is CCOc1cccc([C@H]2C3=CCn4c(=O)n(CCc5nc6cc(OC)c(OC)cc6n(C)c5=O)c(=O)n4[C@@H]3CC3=C2C(=O)C=C(Br)C3=O)c1O. The summed E-state index contributed by atoms with van der Waals surface area (Å²) in [6.45, 7) is 1.91.